The molecule has 3 rings (SSSR count). The number of aromatic nitrogens is 1. The van der Waals surface area contributed by atoms with E-state index in [-0.39, 0.29) is 6.61 Å². The van der Waals surface area contributed by atoms with Gasteiger partial charge in [0.15, 0.2) is 6.10 Å². The zero-order chi connectivity index (χ0) is 25.2. The Morgan fingerprint density at radius 1 is 1.03 bits per heavy atom. The standard InChI is InChI=1S/C28H32ClNO4/c1-16-8-9-20(14-17(16)2)25-18(3)23(19-10-12-21(29)13-11-19)24(22(30-25)15-33-7)26(27(31)32)34-28(4,5)6/h8-14,26H,15H2,1-7H3,(H,31,32). The van der Waals surface area contributed by atoms with E-state index in [1.807, 2.05) is 45.9 Å². The minimum Gasteiger partial charge on any atom is -0.479 e. The molecule has 3 aromatic rings. The van der Waals surface area contributed by atoms with Gasteiger partial charge in [-0.1, -0.05) is 35.9 Å². The Morgan fingerprint density at radius 2 is 1.65 bits per heavy atom. The number of rotatable bonds is 7. The summed E-state index contributed by atoms with van der Waals surface area (Å²) in [6, 6.07) is 13.6. The van der Waals surface area contributed by atoms with Gasteiger partial charge in [0.1, 0.15) is 0 Å². The third-order valence-corrected chi connectivity index (χ3v) is 5.96. The summed E-state index contributed by atoms with van der Waals surface area (Å²) in [4.78, 5) is 17.5. The summed E-state index contributed by atoms with van der Waals surface area (Å²) in [5.74, 6) is -1.08. The smallest absolute Gasteiger partial charge is 0.337 e. The third kappa shape index (κ3) is 5.66. The largest absolute Gasteiger partial charge is 0.479 e. The van der Waals surface area contributed by atoms with Crippen molar-refractivity contribution in [3.8, 4) is 22.4 Å². The fourth-order valence-electron chi connectivity index (χ4n) is 4.02. The highest BCUT2D eigenvalue weighted by Crippen LogP contribution is 2.41. The predicted octanol–water partition coefficient (Wildman–Crippen LogP) is 7.08. The van der Waals surface area contributed by atoms with E-state index in [4.69, 9.17) is 26.1 Å². The van der Waals surface area contributed by atoms with Crippen LogP contribution in [-0.2, 0) is 20.9 Å². The summed E-state index contributed by atoms with van der Waals surface area (Å²) in [5, 5.41) is 10.8. The molecule has 180 valence electrons. The van der Waals surface area contributed by atoms with Gasteiger partial charge in [-0.3, -0.25) is 0 Å². The van der Waals surface area contributed by atoms with Crippen molar-refractivity contribution in [2.45, 2.75) is 59.9 Å². The molecule has 0 saturated carbocycles. The van der Waals surface area contributed by atoms with E-state index in [1.165, 1.54) is 5.56 Å². The Labute approximate surface area is 206 Å². The van der Waals surface area contributed by atoms with Gasteiger partial charge in [0.25, 0.3) is 0 Å². The highest BCUT2D eigenvalue weighted by molar-refractivity contribution is 6.30. The molecule has 0 amide bonds. The lowest BCUT2D eigenvalue weighted by Gasteiger charge is -2.29. The number of carboxylic acid groups (broad SMARTS) is 1. The van der Waals surface area contributed by atoms with E-state index < -0.39 is 17.7 Å². The Hall–Kier alpha value is -2.73. The molecule has 1 N–H and O–H groups in total. The lowest BCUT2D eigenvalue weighted by molar-refractivity contribution is -0.160. The van der Waals surface area contributed by atoms with Crippen LogP contribution in [0.1, 0.15) is 54.8 Å². The number of nitrogens with zero attached hydrogens (tertiary/aromatic N) is 1. The van der Waals surface area contributed by atoms with Crippen LogP contribution in [0, 0.1) is 20.8 Å². The lowest BCUT2D eigenvalue weighted by Crippen LogP contribution is -2.29. The first-order valence-electron chi connectivity index (χ1n) is 11.2. The fourth-order valence-corrected chi connectivity index (χ4v) is 4.14. The molecule has 0 aliphatic rings. The molecular formula is C28H32ClNO4. The Kier molecular flexibility index (Phi) is 7.81. The minimum atomic E-state index is -1.23. The number of carbonyl (C=O) groups is 1. The topological polar surface area (TPSA) is 68.7 Å². The predicted molar refractivity (Wildman–Crippen MR) is 136 cm³/mol. The fraction of sp³-hybridized carbons (Fsp3) is 0.357. The Balaban J connectivity index is 2.43. The van der Waals surface area contributed by atoms with E-state index in [1.54, 1.807) is 19.2 Å². The first-order chi connectivity index (χ1) is 15.9. The average molecular weight is 482 g/mol. The molecule has 0 aliphatic heterocycles. The normalized spacial score (nSPS) is 12.6. The van der Waals surface area contributed by atoms with Crippen molar-refractivity contribution in [3.05, 3.63) is 75.4 Å². The third-order valence-electron chi connectivity index (χ3n) is 5.71. The molecule has 0 aliphatic carbocycles. The summed E-state index contributed by atoms with van der Waals surface area (Å²) >= 11 is 6.17. The first kappa shape index (κ1) is 25.9. The van der Waals surface area contributed by atoms with Gasteiger partial charge in [-0.2, -0.15) is 0 Å². The number of ether oxygens (including phenoxy) is 2. The summed E-state index contributed by atoms with van der Waals surface area (Å²) in [7, 11) is 1.57. The Bertz CT molecular complexity index is 1200. The second-order valence-electron chi connectivity index (χ2n) is 9.51. The molecule has 1 aromatic heterocycles. The molecule has 0 spiro atoms. The SMILES string of the molecule is COCc1nc(-c2ccc(C)c(C)c2)c(C)c(-c2ccc(Cl)cc2)c1C(OC(C)(C)C)C(=O)O. The van der Waals surface area contributed by atoms with Gasteiger partial charge >= 0.3 is 5.97 Å². The maximum absolute atomic E-state index is 12.5. The zero-order valence-corrected chi connectivity index (χ0v) is 21.6. The van der Waals surface area contributed by atoms with Crippen molar-refractivity contribution in [2.75, 3.05) is 7.11 Å². The highest BCUT2D eigenvalue weighted by Gasteiger charge is 2.33. The van der Waals surface area contributed by atoms with Crippen LogP contribution in [0.25, 0.3) is 22.4 Å². The number of halogens is 1. The molecule has 0 saturated heterocycles. The second kappa shape index (κ2) is 10.3. The van der Waals surface area contributed by atoms with Crippen LogP contribution >= 0.6 is 11.6 Å². The number of benzene rings is 2. The molecule has 5 nitrogen and oxygen atoms in total. The minimum absolute atomic E-state index is 0.144. The quantitative estimate of drug-likeness (QED) is 0.390. The van der Waals surface area contributed by atoms with Gasteiger partial charge in [0, 0.05) is 23.3 Å². The van der Waals surface area contributed by atoms with E-state index in [0.717, 1.165) is 33.5 Å². The molecule has 1 atom stereocenters. The van der Waals surface area contributed by atoms with Crippen molar-refractivity contribution in [3.63, 3.8) is 0 Å². The molecule has 0 bridgehead atoms. The Morgan fingerprint density at radius 3 is 2.18 bits per heavy atom. The van der Waals surface area contributed by atoms with Crippen LogP contribution in [0.5, 0.6) is 0 Å². The molecule has 0 radical (unpaired) electrons. The number of carboxylic acids is 1. The van der Waals surface area contributed by atoms with Gasteiger partial charge < -0.3 is 14.6 Å². The van der Waals surface area contributed by atoms with Gasteiger partial charge in [-0.15, -0.1) is 0 Å². The van der Waals surface area contributed by atoms with Crippen molar-refractivity contribution in [2.24, 2.45) is 0 Å². The van der Waals surface area contributed by atoms with Crippen LogP contribution in [0.3, 0.4) is 0 Å². The molecule has 1 heterocycles. The van der Waals surface area contributed by atoms with E-state index >= 15 is 0 Å². The van der Waals surface area contributed by atoms with Crippen LogP contribution < -0.4 is 0 Å². The van der Waals surface area contributed by atoms with E-state index in [0.29, 0.717) is 16.3 Å². The number of hydrogen-bond acceptors (Lipinski definition) is 4. The maximum atomic E-state index is 12.5. The zero-order valence-electron chi connectivity index (χ0n) is 20.8. The van der Waals surface area contributed by atoms with Crippen molar-refractivity contribution >= 4 is 17.6 Å². The highest BCUT2D eigenvalue weighted by atomic mass is 35.5. The number of aryl methyl sites for hydroxylation is 2. The summed E-state index contributed by atoms with van der Waals surface area (Å²) in [6.07, 6.45) is -1.23. The second-order valence-corrected chi connectivity index (χ2v) is 9.94. The number of aliphatic carboxylic acids is 1. The van der Waals surface area contributed by atoms with Crippen LogP contribution in [0.15, 0.2) is 42.5 Å². The lowest BCUT2D eigenvalue weighted by atomic mass is 9.88. The molecular weight excluding hydrogens is 450 g/mol. The van der Waals surface area contributed by atoms with Crippen molar-refractivity contribution in [1.29, 1.82) is 0 Å². The number of methoxy groups -OCH3 is 1. The van der Waals surface area contributed by atoms with E-state index in [2.05, 4.69) is 26.0 Å². The molecule has 2 aromatic carbocycles. The maximum Gasteiger partial charge on any atom is 0.337 e. The van der Waals surface area contributed by atoms with Gasteiger partial charge in [0.05, 0.1) is 23.6 Å². The molecule has 0 fully saturated rings. The van der Waals surface area contributed by atoms with Crippen LogP contribution in [0.4, 0.5) is 0 Å². The average Bonchev–Trinajstić information content (AvgIpc) is 2.75. The molecule has 34 heavy (non-hydrogen) atoms. The monoisotopic (exact) mass is 481 g/mol. The van der Waals surface area contributed by atoms with Gasteiger partial charge in [-0.25, -0.2) is 9.78 Å². The van der Waals surface area contributed by atoms with Crippen LogP contribution in [-0.4, -0.2) is 28.8 Å². The number of hydrogen-bond donors (Lipinski definition) is 1. The van der Waals surface area contributed by atoms with Crippen LogP contribution in [0.2, 0.25) is 5.02 Å². The summed E-state index contributed by atoms with van der Waals surface area (Å²) < 4.78 is 11.6. The number of pyridine rings is 1. The summed E-state index contributed by atoms with van der Waals surface area (Å²) in [6.45, 7) is 11.8. The van der Waals surface area contributed by atoms with Crippen molar-refractivity contribution < 1.29 is 19.4 Å². The van der Waals surface area contributed by atoms with E-state index in [9.17, 15) is 9.90 Å². The molecule has 6 heteroatoms. The molecule has 1 unspecified atom stereocenters. The van der Waals surface area contributed by atoms with Gasteiger partial charge in [-0.05, 0) is 87.6 Å². The van der Waals surface area contributed by atoms with Crippen molar-refractivity contribution in [1.82, 2.24) is 4.98 Å². The first-order valence-corrected chi connectivity index (χ1v) is 11.6. The summed E-state index contributed by atoms with van der Waals surface area (Å²) in [5.41, 5.74) is 6.90. The van der Waals surface area contributed by atoms with Gasteiger partial charge in [0.2, 0.25) is 0 Å².